The Morgan fingerprint density at radius 2 is 1.71 bits per heavy atom. The number of hydrogen-bond acceptors (Lipinski definition) is 7. The largest absolute Gasteiger partial charge is 0.346 e. The first-order chi connectivity index (χ1) is 14.7. The Hall–Kier alpha value is -4.28. The Labute approximate surface area is 177 Å². The lowest BCUT2D eigenvalue weighted by Gasteiger charge is -2.13. The molecule has 0 fully saturated rings. The number of nitro benzene ring substituents is 2. The number of hydrogen-bond donors (Lipinski definition) is 3. The first kappa shape index (κ1) is 23.0. The molecular formula is C20H21N5O6. The standard InChI is InChI=1S/C20H21N5O6/c1-13(10-19(26)21-14(2)15-6-4-3-5-7-15)22-23-20(27)11-16-8-9-17(24(28)29)12-18(16)25(30)31/h3-10,12,14,22H,11H2,1-2H3,(H,21,26)(H,23,27). The third-order valence-electron chi connectivity index (χ3n) is 4.23. The number of benzene rings is 2. The summed E-state index contributed by atoms with van der Waals surface area (Å²) in [5.41, 5.74) is 5.21. The van der Waals surface area contributed by atoms with Crippen molar-refractivity contribution in [3.63, 3.8) is 0 Å². The highest BCUT2D eigenvalue weighted by Crippen LogP contribution is 2.25. The topological polar surface area (TPSA) is 157 Å². The molecule has 11 heteroatoms. The number of rotatable bonds is 9. The van der Waals surface area contributed by atoms with Crippen molar-refractivity contribution in [2.45, 2.75) is 26.3 Å². The first-order valence-corrected chi connectivity index (χ1v) is 9.17. The van der Waals surface area contributed by atoms with E-state index in [1.165, 1.54) is 6.08 Å². The zero-order valence-electron chi connectivity index (χ0n) is 16.8. The number of nitrogens with zero attached hydrogens (tertiary/aromatic N) is 2. The van der Waals surface area contributed by atoms with Crippen LogP contribution >= 0.6 is 0 Å². The summed E-state index contributed by atoms with van der Waals surface area (Å²) in [6.07, 6.45) is 0.875. The minimum atomic E-state index is -0.785. The maximum absolute atomic E-state index is 12.1. The zero-order chi connectivity index (χ0) is 23.0. The van der Waals surface area contributed by atoms with E-state index in [0.29, 0.717) is 5.70 Å². The Morgan fingerprint density at radius 1 is 1.03 bits per heavy atom. The molecule has 162 valence electrons. The maximum atomic E-state index is 12.1. The van der Waals surface area contributed by atoms with Gasteiger partial charge in [0, 0.05) is 23.4 Å². The number of carbonyl (C=O) groups excluding carboxylic acids is 2. The minimum absolute atomic E-state index is 0.0194. The van der Waals surface area contributed by atoms with Gasteiger partial charge in [-0.1, -0.05) is 30.3 Å². The first-order valence-electron chi connectivity index (χ1n) is 9.17. The van der Waals surface area contributed by atoms with Crippen LogP contribution in [0.1, 0.15) is 31.0 Å². The summed E-state index contributed by atoms with van der Waals surface area (Å²) in [5, 5.41) is 24.7. The van der Waals surface area contributed by atoms with Gasteiger partial charge in [-0.2, -0.15) is 0 Å². The summed E-state index contributed by atoms with van der Waals surface area (Å²) in [5.74, 6) is -0.996. The number of carbonyl (C=O) groups is 2. The van der Waals surface area contributed by atoms with Crippen molar-refractivity contribution < 1.29 is 19.4 Å². The van der Waals surface area contributed by atoms with Gasteiger partial charge in [0.15, 0.2) is 0 Å². The van der Waals surface area contributed by atoms with Gasteiger partial charge in [-0.15, -0.1) is 0 Å². The van der Waals surface area contributed by atoms with Crippen LogP contribution in [0.25, 0.3) is 0 Å². The third-order valence-corrected chi connectivity index (χ3v) is 4.23. The Bertz CT molecular complexity index is 1020. The summed E-state index contributed by atoms with van der Waals surface area (Å²) in [7, 11) is 0. The van der Waals surface area contributed by atoms with Crippen LogP contribution in [0.4, 0.5) is 11.4 Å². The second-order valence-corrected chi connectivity index (χ2v) is 6.65. The van der Waals surface area contributed by atoms with Crippen LogP contribution in [0.3, 0.4) is 0 Å². The molecular weight excluding hydrogens is 406 g/mol. The van der Waals surface area contributed by atoms with E-state index < -0.39 is 27.1 Å². The number of hydrazine groups is 1. The van der Waals surface area contributed by atoms with E-state index in [4.69, 9.17) is 0 Å². The van der Waals surface area contributed by atoms with Crippen LogP contribution in [-0.4, -0.2) is 21.7 Å². The molecule has 3 N–H and O–H groups in total. The molecule has 2 rings (SSSR count). The molecule has 0 bridgehead atoms. The van der Waals surface area contributed by atoms with Crippen molar-refractivity contribution in [2.75, 3.05) is 0 Å². The monoisotopic (exact) mass is 427 g/mol. The van der Waals surface area contributed by atoms with E-state index in [2.05, 4.69) is 16.2 Å². The van der Waals surface area contributed by atoms with Gasteiger partial charge < -0.3 is 10.7 Å². The lowest BCUT2D eigenvalue weighted by atomic mass is 10.1. The molecule has 0 heterocycles. The molecule has 1 unspecified atom stereocenters. The number of nitrogens with one attached hydrogen (secondary N) is 3. The number of amides is 2. The highest BCUT2D eigenvalue weighted by atomic mass is 16.6. The average Bonchev–Trinajstić information content (AvgIpc) is 2.72. The molecule has 0 saturated heterocycles. The van der Waals surface area contributed by atoms with Crippen LogP contribution < -0.4 is 16.2 Å². The number of nitro groups is 2. The van der Waals surface area contributed by atoms with Crippen LogP contribution in [0.5, 0.6) is 0 Å². The predicted molar refractivity (Wildman–Crippen MR) is 111 cm³/mol. The van der Waals surface area contributed by atoms with E-state index in [-0.39, 0.29) is 23.9 Å². The molecule has 11 nitrogen and oxygen atoms in total. The lowest BCUT2D eigenvalue weighted by Crippen LogP contribution is -2.38. The quantitative estimate of drug-likeness (QED) is 0.315. The molecule has 0 spiro atoms. The van der Waals surface area contributed by atoms with Gasteiger partial charge in [0.25, 0.3) is 11.4 Å². The molecule has 0 radical (unpaired) electrons. The van der Waals surface area contributed by atoms with Gasteiger partial charge >= 0.3 is 0 Å². The summed E-state index contributed by atoms with van der Waals surface area (Å²) in [4.78, 5) is 44.6. The highest BCUT2D eigenvalue weighted by Gasteiger charge is 2.21. The average molecular weight is 427 g/mol. The fourth-order valence-electron chi connectivity index (χ4n) is 2.68. The van der Waals surface area contributed by atoms with E-state index in [1.807, 2.05) is 37.3 Å². The molecule has 0 aliphatic heterocycles. The van der Waals surface area contributed by atoms with Crippen molar-refractivity contribution in [3.05, 3.63) is 91.7 Å². The molecule has 2 amide bonds. The minimum Gasteiger partial charge on any atom is -0.346 e. The normalized spacial score (nSPS) is 11.9. The predicted octanol–water partition coefficient (Wildman–Crippen LogP) is 2.45. The van der Waals surface area contributed by atoms with Gasteiger partial charge in [-0.05, 0) is 25.5 Å². The highest BCUT2D eigenvalue weighted by molar-refractivity contribution is 5.88. The van der Waals surface area contributed by atoms with Crippen molar-refractivity contribution in [1.29, 1.82) is 0 Å². The van der Waals surface area contributed by atoms with E-state index in [1.54, 1.807) is 6.92 Å². The Morgan fingerprint density at radius 3 is 2.32 bits per heavy atom. The second-order valence-electron chi connectivity index (χ2n) is 6.65. The zero-order valence-corrected chi connectivity index (χ0v) is 16.8. The summed E-state index contributed by atoms with van der Waals surface area (Å²) in [6, 6.07) is 12.2. The van der Waals surface area contributed by atoms with Crippen molar-refractivity contribution in [2.24, 2.45) is 0 Å². The van der Waals surface area contributed by atoms with Crippen LogP contribution in [0.2, 0.25) is 0 Å². The number of allylic oxidation sites excluding steroid dienone is 1. The molecule has 0 saturated carbocycles. The summed E-state index contributed by atoms with van der Waals surface area (Å²) in [6.45, 7) is 3.39. The van der Waals surface area contributed by atoms with Crippen molar-refractivity contribution in [1.82, 2.24) is 16.2 Å². The van der Waals surface area contributed by atoms with Gasteiger partial charge in [-0.25, -0.2) is 0 Å². The molecule has 1 atom stereocenters. The van der Waals surface area contributed by atoms with E-state index >= 15 is 0 Å². The van der Waals surface area contributed by atoms with Gasteiger partial charge in [0.2, 0.25) is 11.8 Å². The molecule has 2 aromatic rings. The smallest absolute Gasteiger partial charge is 0.279 e. The third kappa shape index (κ3) is 6.92. The van der Waals surface area contributed by atoms with Crippen LogP contribution in [-0.2, 0) is 16.0 Å². The SMILES string of the molecule is CC(=CC(=O)NC(C)c1ccccc1)NNC(=O)Cc1ccc([N+](=O)[O-])cc1[N+](=O)[O-]. The van der Waals surface area contributed by atoms with Crippen molar-refractivity contribution in [3.8, 4) is 0 Å². The fourth-order valence-corrected chi connectivity index (χ4v) is 2.68. The molecule has 2 aromatic carbocycles. The van der Waals surface area contributed by atoms with Gasteiger partial charge in [0.1, 0.15) is 0 Å². The van der Waals surface area contributed by atoms with E-state index in [0.717, 1.165) is 23.8 Å². The molecule has 0 aromatic heterocycles. The maximum Gasteiger partial charge on any atom is 0.279 e. The van der Waals surface area contributed by atoms with Crippen LogP contribution in [0, 0.1) is 20.2 Å². The van der Waals surface area contributed by atoms with E-state index in [9.17, 15) is 29.8 Å². The van der Waals surface area contributed by atoms with Crippen LogP contribution in [0.15, 0.2) is 60.3 Å². The molecule has 0 aliphatic rings. The van der Waals surface area contributed by atoms with Crippen molar-refractivity contribution >= 4 is 23.2 Å². The lowest BCUT2D eigenvalue weighted by molar-refractivity contribution is -0.394. The molecule has 31 heavy (non-hydrogen) atoms. The Balaban J connectivity index is 1.92. The van der Waals surface area contributed by atoms with Gasteiger partial charge in [-0.3, -0.25) is 35.2 Å². The summed E-state index contributed by atoms with van der Waals surface area (Å²) < 4.78 is 0. The Kier molecular flexibility index (Phi) is 7.78. The fraction of sp³-hybridized carbons (Fsp3) is 0.200. The molecule has 0 aliphatic carbocycles. The van der Waals surface area contributed by atoms with Gasteiger partial charge in [0.05, 0.1) is 28.4 Å². The summed E-state index contributed by atoms with van der Waals surface area (Å²) >= 11 is 0. The second kappa shape index (κ2) is 10.5. The number of non-ortho nitro benzene ring substituents is 1.